The van der Waals surface area contributed by atoms with Crippen molar-refractivity contribution >= 4 is 0 Å². The van der Waals surface area contributed by atoms with Crippen LogP contribution in [0.15, 0.2) is 24.3 Å². The molecule has 0 unspecified atom stereocenters. The number of fused-ring (bicyclic) bond motifs is 2. The van der Waals surface area contributed by atoms with E-state index in [0.717, 1.165) is 11.1 Å². The monoisotopic (exact) mass is 418 g/mol. The van der Waals surface area contributed by atoms with Gasteiger partial charge in [0.25, 0.3) is 0 Å². The molecule has 0 radical (unpaired) electrons. The maximum absolute atomic E-state index is 10.1. The Labute approximate surface area is 174 Å². The van der Waals surface area contributed by atoms with Gasteiger partial charge in [-0.05, 0) is 60.1 Å². The Hall–Kier alpha value is -2.84. The number of ether oxygens (including phenoxy) is 6. The van der Waals surface area contributed by atoms with E-state index in [1.807, 2.05) is 24.3 Å². The molecule has 0 fully saturated rings. The molecule has 2 aromatic rings. The summed E-state index contributed by atoms with van der Waals surface area (Å²) in [5.74, 6) is 3.29. The smallest absolute Gasteiger partial charge is 0.231 e. The minimum Gasteiger partial charge on any atom is -0.493 e. The number of hydrogen-bond donors (Lipinski definition) is 2. The largest absolute Gasteiger partial charge is 0.493 e. The van der Waals surface area contributed by atoms with Gasteiger partial charge in [0.1, 0.15) is 0 Å². The second kappa shape index (κ2) is 8.89. The lowest BCUT2D eigenvalue weighted by Gasteiger charge is -2.25. The highest BCUT2D eigenvalue weighted by Crippen LogP contribution is 2.44. The quantitative estimate of drug-likeness (QED) is 0.640. The molecule has 2 aromatic carbocycles. The van der Waals surface area contributed by atoms with Gasteiger partial charge in [0.2, 0.25) is 25.1 Å². The summed E-state index contributed by atoms with van der Waals surface area (Å²) in [5, 5.41) is 20.1. The third-order valence-electron chi connectivity index (χ3n) is 5.57. The second-order valence-corrected chi connectivity index (χ2v) is 7.36. The third-order valence-corrected chi connectivity index (χ3v) is 5.57. The Bertz CT molecular complexity index is 824. The molecule has 0 bridgehead atoms. The van der Waals surface area contributed by atoms with Crippen LogP contribution in [0.2, 0.25) is 0 Å². The molecule has 2 atom stereocenters. The fourth-order valence-electron chi connectivity index (χ4n) is 3.97. The molecule has 0 spiro atoms. The van der Waals surface area contributed by atoms with E-state index in [0.29, 0.717) is 47.3 Å². The molecule has 4 rings (SSSR count). The number of rotatable bonds is 9. The lowest BCUT2D eigenvalue weighted by atomic mass is 9.83. The first kappa shape index (κ1) is 20.4. The summed E-state index contributed by atoms with van der Waals surface area (Å²) in [4.78, 5) is 0. The molecule has 2 aliphatic heterocycles. The highest BCUT2D eigenvalue weighted by Gasteiger charge is 2.27. The summed E-state index contributed by atoms with van der Waals surface area (Å²) in [6, 6.07) is 7.56. The van der Waals surface area contributed by atoms with E-state index in [1.165, 1.54) is 0 Å². The third kappa shape index (κ3) is 3.93. The summed E-state index contributed by atoms with van der Waals surface area (Å²) in [6.07, 6.45) is 1.10. The zero-order valence-corrected chi connectivity index (χ0v) is 17.1. The summed E-state index contributed by atoms with van der Waals surface area (Å²) < 4.78 is 32.7. The fraction of sp³-hybridized carbons (Fsp3) is 0.455. The van der Waals surface area contributed by atoms with Gasteiger partial charge < -0.3 is 38.6 Å². The van der Waals surface area contributed by atoms with Crippen molar-refractivity contribution in [1.29, 1.82) is 0 Å². The number of methoxy groups -OCH3 is 2. The minimum absolute atomic E-state index is 0.0658. The van der Waals surface area contributed by atoms with Crippen LogP contribution in [0.4, 0.5) is 0 Å². The predicted octanol–water partition coefficient (Wildman–Crippen LogP) is 2.16. The highest BCUT2D eigenvalue weighted by molar-refractivity contribution is 5.56. The Morgan fingerprint density at radius 3 is 1.53 bits per heavy atom. The van der Waals surface area contributed by atoms with Crippen molar-refractivity contribution in [2.24, 2.45) is 11.8 Å². The molecule has 8 heteroatoms. The maximum Gasteiger partial charge on any atom is 0.231 e. The fourth-order valence-corrected chi connectivity index (χ4v) is 3.97. The van der Waals surface area contributed by atoms with Crippen LogP contribution < -0.4 is 28.4 Å². The van der Waals surface area contributed by atoms with Crippen molar-refractivity contribution < 1.29 is 38.6 Å². The van der Waals surface area contributed by atoms with E-state index in [9.17, 15) is 10.2 Å². The van der Waals surface area contributed by atoms with E-state index >= 15 is 0 Å². The first-order valence-corrected chi connectivity index (χ1v) is 9.81. The molecule has 8 nitrogen and oxygen atoms in total. The van der Waals surface area contributed by atoms with Gasteiger partial charge in [0, 0.05) is 13.2 Å². The standard InChI is InChI=1S/C22H26O8/c1-25-17-5-13(7-19-21(17)29-11-27-19)3-15(9-23)16(10-24)4-14-6-18(26-2)22-20(8-14)28-12-30-22/h5-8,15-16,23-24H,3-4,9-12H2,1-2H3/t15-,16-/m1/s1. The summed E-state index contributed by atoms with van der Waals surface area (Å²) in [5.41, 5.74) is 1.88. The van der Waals surface area contributed by atoms with Gasteiger partial charge >= 0.3 is 0 Å². The molecule has 2 heterocycles. The molecule has 162 valence electrons. The zero-order chi connectivity index (χ0) is 21.1. The zero-order valence-electron chi connectivity index (χ0n) is 17.1. The Morgan fingerprint density at radius 2 is 1.17 bits per heavy atom. The molecule has 2 N–H and O–H groups in total. The molecule has 0 aromatic heterocycles. The first-order valence-electron chi connectivity index (χ1n) is 9.81. The number of hydrogen-bond acceptors (Lipinski definition) is 8. The Kier molecular flexibility index (Phi) is 6.06. The SMILES string of the molecule is COc1cc(C[C@H](CO)[C@@H](CO)Cc2cc(OC)c3c(c2)OCO3)cc2c1OCO2. The molecule has 0 saturated carbocycles. The topological polar surface area (TPSA) is 95.8 Å². The van der Waals surface area contributed by atoms with Crippen LogP contribution in [0.5, 0.6) is 34.5 Å². The lowest BCUT2D eigenvalue weighted by molar-refractivity contribution is 0.119. The lowest BCUT2D eigenvalue weighted by Crippen LogP contribution is -2.26. The van der Waals surface area contributed by atoms with Crippen molar-refractivity contribution in [3.05, 3.63) is 35.4 Å². The van der Waals surface area contributed by atoms with E-state index in [2.05, 4.69) is 0 Å². The van der Waals surface area contributed by atoms with Crippen molar-refractivity contribution in [1.82, 2.24) is 0 Å². The maximum atomic E-state index is 10.1. The van der Waals surface area contributed by atoms with Crippen LogP contribution in [0.25, 0.3) is 0 Å². The van der Waals surface area contributed by atoms with Crippen molar-refractivity contribution in [2.45, 2.75) is 12.8 Å². The summed E-state index contributed by atoms with van der Waals surface area (Å²) in [7, 11) is 3.16. The van der Waals surface area contributed by atoms with Gasteiger partial charge in [-0.25, -0.2) is 0 Å². The molecular formula is C22H26O8. The molecule has 0 amide bonds. The average Bonchev–Trinajstić information content (AvgIpc) is 3.44. The average molecular weight is 418 g/mol. The molecule has 2 aliphatic rings. The Morgan fingerprint density at radius 1 is 0.733 bits per heavy atom. The van der Waals surface area contributed by atoms with Crippen molar-refractivity contribution in [3.63, 3.8) is 0 Å². The van der Waals surface area contributed by atoms with Crippen LogP contribution in [-0.2, 0) is 12.8 Å². The number of aliphatic hydroxyl groups excluding tert-OH is 2. The van der Waals surface area contributed by atoms with E-state index in [1.54, 1.807) is 14.2 Å². The minimum atomic E-state index is -0.170. The summed E-state index contributed by atoms with van der Waals surface area (Å²) >= 11 is 0. The second-order valence-electron chi connectivity index (χ2n) is 7.36. The van der Waals surface area contributed by atoms with Gasteiger partial charge in [0.15, 0.2) is 23.0 Å². The van der Waals surface area contributed by atoms with E-state index in [4.69, 9.17) is 28.4 Å². The van der Waals surface area contributed by atoms with Crippen LogP contribution in [0.1, 0.15) is 11.1 Å². The Balaban J connectivity index is 1.54. The van der Waals surface area contributed by atoms with Crippen LogP contribution in [-0.4, -0.2) is 51.2 Å². The molecule has 0 saturated heterocycles. The van der Waals surface area contributed by atoms with Crippen LogP contribution in [0.3, 0.4) is 0 Å². The van der Waals surface area contributed by atoms with Gasteiger partial charge in [0.05, 0.1) is 14.2 Å². The predicted molar refractivity (Wildman–Crippen MR) is 107 cm³/mol. The molecular weight excluding hydrogens is 392 g/mol. The van der Waals surface area contributed by atoms with E-state index < -0.39 is 0 Å². The normalized spacial score (nSPS) is 15.7. The molecule has 30 heavy (non-hydrogen) atoms. The van der Waals surface area contributed by atoms with Gasteiger partial charge in [-0.1, -0.05) is 0 Å². The van der Waals surface area contributed by atoms with E-state index in [-0.39, 0.29) is 38.6 Å². The van der Waals surface area contributed by atoms with Crippen LogP contribution >= 0.6 is 0 Å². The van der Waals surface area contributed by atoms with Gasteiger partial charge in [-0.2, -0.15) is 0 Å². The number of benzene rings is 2. The van der Waals surface area contributed by atoms with Gasteiger partial charge in [-0.15, -0.1) is 0 Å². The van der Waals surface area contributed by atoms with Gasteiger partial charge in [-0.3, -0.25) is 0 Å². The van der Waals surface area contributed by atoms with Crippen molar-refractivity contribution in [2.75, 3.05) is 41.0 Å². The molecule has 0 aliphatic carbocycles. The first-order chi connectivity index (χ1) is 14.7. The summed E-state index contributed by atoms with van der Waals surface area (Å²) in [6.45, 7) is 0.181. The number of aliphatic hydroxyl groups is 2. The highest BCUT2D eigenvalue weighted by atomic mass is 16.7. The van der Waals surface area contributed by atoms with Crippen LogP contribution in [0, 0.1) is 11.8 Å². The van der Waals surface area contributed by atoms with Crippen molar-refractivity contribution in [3.8, 4) is 34.5 Å².